The Morgan fingerprint density at radius 3 is 2.60 bits per heavy atom. The summed E-state index contributed by atoms with van der Waals surface area (Å²) in [4.78, 5) is 11.6. The second kappa shape index (κ2) is 12.0. The van der Waals surface area contributed by atoms with Crippen LogP contribution in [0, 0.1) is 11.7 Å². The molecule has 1 fully saturated rings. The lowest BCUT2D eigenvalue weighted by Crippen LogP contribution is -2.31. The predicted molar refractivity (Wildman–Crippen MR) is 157 cm³/mol. The average molecular weight is 565 g/mol. The van der Waals surface area contributed by atoms with Gasteiger partial charge in [-0.3, -0.25) is 9.62 Å². The van der Waals surface area contributed by atoms with E-state index in [1.807, 2.05) is 24.4 Å². The monoisotopic (exact) mass is 564 g/mol. The van der Waals surface area contributed by atoms with Gasteiger partial charge in [0.15, 0.2) is 0 Å². The molecule has 40 heavy (non-hydrogen) atoms. The van der Waals surface area contributed by atoms with Crippen LogP contribution < -0.4 is 4.72 Å². The maximum absolute atomic E-state index is 14.9. The second-order valence-electron chi connectivity index (χ2n) is 12.5. The fourth-order valence-corrected chi connectivity index (χ4v) is 6.99. The number of nitrogens with one attached hydrogen (secondary N) is 1. The van der Waals surface area contributed by atoms with E-state index in [9.17, 15) is 12.8 Å². The number of halogens is 1. The number of fused-ring (bicyclic) bond motifs is 1. The maximum atomic E-state index is 14.9. The van der Waals surface area contributed by atoms with Gasteiger partial charge in [0.2, 0.25) is 0 Å². The highest BCUT2D eigenvalue weighted by Gasteiger charge is 2.23. The minimum Gasteiger partial charge on any atom is -0.291 e. The molecule has 0 spiro atoms. The summed E-state index contributed by atoms with van der Waals surface area (Å²) in [5, 5.41) is 0. The zero-order chi connectivity index (χ0) is 28.3. The van der Waals surface area contributed by atoms with E-state index in [1.54, 1.807) is 18.2 Å². The molecule has 3 aromatic rings. The minimum atomic E-state index is -3.91. The van der Waals surface area contributed by atoms with Crippen molar-refractivity contribution in [3.05, 3.63) is 82.7 Å². The molecular weight excluding hydrogens is 523 g/mol. The van der Waals surface area contributed by atoms with E-state index in [4.69, 9.17) is 4.98 Å². The van der Waals surface area contributed by atoms with Crippen molar-refractivity contribution in [2.45, 2.75) is 95.5 Å². The number of aryl methyl sites for hydroxylation is 1. The van der Waals surface area contributed by atoms with E-state index < -0.39 is 15.8 Å². The van der Waals surface area contributed by atoms with E-state index in [2.05, 4.69) is 35.4 Å². The molecule has 214 valence electrons. The molecule has 1 N–H and O–H groups in total. The van der Waals surface area contributed by atoms with E-state index >= 15 is 0 Å². The van der Waals surface area contributed by atoms with E-state index in [0.29, 0.717) is 13.1 Å². The minimum absolute atomic E-state index is 0.0130. The predicted octanol–water partition coefficient (Wildman–Crippen LogP) is 6.79. The average Bonchev–Trinajstić information content (AvgIpc) is 3.43. The molecule has 1 aromatic heterocycles. The SMILES string of the molecule is CC(C)(C)c1ccnc(CN2CCc3cc(S(=O)(=O)Nc4ccc(CCCC5CCCC5)cc4F)ccc3C2)n1. The molecule has 0 atom stereocenters. The normalized spacial score (nSPS) is 16.7. The standard InChI is InChI=1S/C32H41FN4O2S/c1-32(2,3)30-15-17-34-31(35-30)22-37-18-16-25-20-27(13-12-26(25)21-37)40(38,39)36-29-14-11-24(19-28(29)33)10-6-9-23-7-4-5-8-23/h11-15,17,19-20,23,36H,4-10,16,18,21-22H2,1-3H3. The quantitative estimate of drug-likeness (QED) is 0.310. The Hall–Kier alpha value is -2.84. The van der Waals surface area contributed by atoms with Crippen molar-refractivity contribution >= 4 is 15.7 Å². The highest BCUT2D eigenvalue weighted by Crippen LogP contribution is 2.30. The Kier molecular flexibility index (Phi) is 8.57. The van der Waals surface area contributed by atoms with E-state index in [0.717, 1.165) is 59.9 Å². The number of anilines is 1. The van der Waals surface area contributed by atoms with Crippen molar-refractivity contribution in [2.24, 2.45) is 5.92 Å². The lowest BCUT2D eigenvalue weighted by atomic mass is 9.92. The molecule has 0 saturated heterocycles. The molecular formula is C32H41FN4O2S. The summed E-state index contributed by atoms with van der Waals surface area (Å²) in [6.07, 6.45) is 10.9. The summed E-state index contributed by atoms with van der Waals surface area (Å²) < 4.78 is 43.6. The summed E-state index contributed by atoms with van der Waals surface area (Å²) in [5.74, 6) is 1.07. The molecule has 6 nitrogen and oxygen atoms in total. The Morgan fingerprint density at radius 1 is 1.05 bits per heavy atom. The molecule has 5 rings (SSSR count). The van der Waals surface area contributed by atoms with Crippen molar-refractivity contribution in [1.82, 2.24) is 14.9 Å². The van der Waals surface area contributed by atoms with Gasteiger partial charge in [0.25, 0.3) is 10.0 Å². The van der Waals surface area contributed by atoms with E-state index in [1.165, 1.54) is 38.2 Å². The summed E-state index contributed by atoms with van der Waals surface area (Å²) in [7, 11) is -3.91. The fourth-order valence-electron chi connectivity index (χ4n) is 5.88. The van der Waals surface area contributed by atoms with Gasteiger partial charge in [0.05, 0.1) is 17.1 Å². The van der Waals surface area contributed by atoms with Gasteiger partial charge in [-0.25, -0.2) is 22.8 Å². The summed E-state index contributed by atoms with van der Waals surface area (Å²) >= 11 is 0. The molecule has 0 radical (unpaired) electrons. The van der Waals surface area contributed by atoms with Gasteiger partial charge in [0, 0.05) is 30.4 Å². The molecule has 0 amide bonds. The number of sulfonamides is 1. The van der Waals surface area contributed by atoms with Crippen LogP contribution in [0.1, 0.15) is 87.5 Å². The summed E-state index contributed by atoms with van der Waals surface area (Å²) in [6, 6.07) is 12.0. The Balaban J connectivity index is 1.20. The van der Waals surface area contributed by atoms with Crippen molar-refractivity contribution in [2.75, 3.05) is 11.3 Å². The molecule has 2 aliphatic rings. The topological polar surface area (TPSA) is 75.2 Å². The van der Waals surface area contributed by atoms with Crippen LogP contribution >= 0.6 is 0 Å². The Morgan fingerprint density at radius 2 is 1.85 bits per heavy atom. The lowest BCUT2D eigenvalue weighted by Gasteiger charge is -2.29. The molecule has 0 unspecified atom stereocenters. The number of hydrogen-bond acceptors (Lipinski definition) is 5. The van der Waals surface area contributed by atoms with Gasteiger partial charge in [-0.05, 0) is 72.2 Å². The third-order valence-corrected chi connectivity index (χ3v) is 9.61. The van der Waals surface area contributed by atoms with Crippen molar-refractivity contribution < 1.29 is 12.8 Å². The molecule has 2 heterocycles. The third-order valence-electron chi connectivity index (χ3n) is 8.25. The molecule has 1 saturated carbocycles. The van der Waals surface area contributed by atoms with Crippen LogP contribution in [0.15, 0.2) is 53.6 Å². The molecule has 8 heteroatoms. The first-order valence-electron chi connectivity index (χ1n) is 14.5. The van der Waals surface area contributed by atoms with Crippen LogP contribution in [0.25, 0.3) is 0 Å². The second-order valence-corrected chi connectivity index (χ2v) is 14.1. The van der Waals surface area contributed by atoms with Crippen LogP contribution in [-0.4, -0.2) is 29.8 Å². The Bertz CT molecular complexity index is 1450. The number of rotatable bonds is 9. The highest BCUT2D eigenvalue weighted by atomic mass is 32.2. The first kappa shape index (κ1) is 28.7. The largest absolute Gasteiger partial charge is 0.291 e. The van der Waals surface area contributed by atoms with Gasteiger partial charge < -0.3 is 0 Å². The first-order chi connectivity index (χ1) is 19.1. The number of nitrogens with zero attached hydrogens (tertiary/aromatic N) is 3. The Labute approximate surface area is 238 Å². The van der Waals surface area contributed by atoms with E-state index in [-0.39, 0.29) is 16.0 Å². The van der Waals surface area contributed by atoms with Crippen LogP contribution in [0.2, 0.25) is 0 Å². The van der Waals surface area contributed by atoms with Gasteiger partial charge >= 0.3 is 0 Å². The summed E-state index contributed by atoms with van der Waals surface area (Å²) in [5.41, 5.74) is 3.96. The van der Waals surface area contributed by atoms with Crippen LogP contribution in [0.3, 0.4) is 0 Å². The smallest absolute Gasteiger partial charge is 0.261 e. The lowest BCUT2D eigenvalue weighted by molar-refractivity contribution is 0.238. The zero-order valence-corrected chi connectivity index (χ0v) is 24.7. The molecule has 1 aliphatic heterocycles. The van der Waals surface area contributed by atoms with Gasteiger partial charge in [-0.15, -0.1) is 0 Å². The van der Waals surface area contributed by atoms with Crippen molar-refractivity contribution in [1.29, 1.82) is 0 Å². The van der Waals surface area contributed by atoms with Gasteiger partial charge in [0.1, 0.15) is 11.6 Å². The maximum Gasteiger partial charge on any atom is 0.261 e. The third kappa shape index (κ3) is 7.07. The van der Waals surface area contributed by atoms with Gasteiger partial charge in [-0.1, -0.05) is 65.0 Å². The summed E-state index contributed by atoms with van der Waals surface area (Å²) in [6.45, 7) is 8.53. The number of aromatic nitrogens is 2. The first-order valence-corrected chi connectivity index (χ1v) is 16.0. The van der Waals surface area contributed by atoms with Crippen LogP contribution in [-0.2, 0) is 41.4 Å². The van der Waals surface area contributed by atoms with Crippen molar-refractivity contribution in [3.8, 4) is 0 Å². The highest BCUT2D eigenvalue weighted by molar-refractivity contribution is 7.92. The van der Waals surface area contributed by atoms with Crippen LogP contribution in [0.5, 0.6) is 0 Å². The number of hydrogen-bond donors (Lipinski definition) is 1. The number of benzene rings is 2. The molecule has 0 bridgehead atoms. The molecule has 1 aliphatic carbocycles. The fraction of sp³-hybridized carbons (Fsp3) is 0.500. The van der Waals surface area contributed by atoms with Gasteiger partial charge in [-0.2, -0.15) is 0 Å². The van der Waals surface area contributed by atoms with Crippen LogP contribution in [0.4, 0.5) is 10.1 Å². The molecule has 2 aromatic carbocycles. The van der Waals surface area contributed by atoms with Crippen molar-refractivity contribution in [3.63, 3.8) is 0 Å². The zero-order valence-electron chi connectivity index (χ0n) is 23.9.